The second-order valence-electron chi connectivity index (χ2n) is 4.00. The molecular formula is C9H15NO5S. The van der Waals surface area contributed by atoms with Gasteiger partial charge < -0.3 is 10.0 Å². The van der Waals surface area contributed by atoms with Crippen LogP contribution in [-0.4, -0.2) is 54.4 Å². The van der Waals surface area contributed by atoms with Crippen molar-refractivity contribution in [3.05, 3.63) is 0 Å². The average molecular weight is 249 g/mol. The molecule has 1 aliphatic heterocycles. The van der Waals surface area contributed by atoms with Crippen molar-refractivity contribution in [2.45, 2.75) is 31.1 Å². The number of rotatable bonds is 3. The molecule has 1 aliphatic rings. The number of likely N-dealkylation sites (tertiary alicyclic amines) is 1. The van der Waals surface area contributed by atoms with E-state index < -0.39 is 33.0 Å². The minimum atomic E-state index is -3.47. The highest BCUT2D eigenvalue weighted by molar-refractivity contribution is 7.92. The molecule has 0 aromatic rings. The first-order valence-corrected chi connectivity index (χ1v) is 6.92. The summed E-state index contributed by atoms with van der Waals surface area (Å²) < 4.78 is 22.4. The summed E-state index contributed by atoms with van der Waals surface area (Å²) in [5.41, 5.74) is 0. The highest BCUT2D eigenvalue weighted by atomic mass is 32.2. The first kappa shape index (κ1) is 13.0. The number of aliphatic carboxylic acids is 1. The highest BCUT2D eigenvalue weighted by Crippen LogP contribution is 2.19. The Morgan fingerprint density at radius 3 is 2.44 bits per heavy atom. The molecule has 1 unspecified atom stereocenters. The van der Waals surface area contributed by atoms with Gasteiger partial charge >= 0.3 is 5.97 Å². The lowest BCUT2D eigenvalue weighted by Gasteiger charge is -2.23. The van der Waals surface area contributed by atoms with E-state index in [1.165, 1.54) is 6.92 Å². The molecule has 2 atom stereocenters. The minimum absolute atomic E-state index is 0.315. The Morgan fingerprint density at radius 2 is 2.00 bits per heavy atom. The Hall–Kier alpha value is -1.11. The Morgan fingerprint density at radius 1 is 1.44 bits per heavy atom. The Balaban J connectivity index is 2.86. The van der Waals surface area contributed by atoms with Crippen LogP contribution in [0.15, 0.2) is 0 Å². The van der Waals surface area contributed by atoms with E-state index in [1.54, 1.807) is 0 Å². The maximum atomic E-state index is 11.8. The lowest BCUT2D eigenvalue weighted by molar-refractivity contribution is -0.147. The molecule has 92 valence electrons. The molecule has 1 N–H and O–H groups in total. The fraction of sp³-hybridized carbons (Fsp3) is 0.778. The number of hydrogen-bond donors (Lipinski definition) is 1. The van der Waals surface area contributed by atoms with Gasteiger partial charge in [0.15, 0.2) is 9.84 Å². The zero-order chi connectivity index (χ0) is 12.5. The van der Waals surface area contributed by atoms with Crippen LogP contribution < -0.4 is 0 Å². The molecule has 16 heavy (non-hydrogen) atoms. The van der Waals surface area contributed by atoms with Crippen molar-refractivity contribution >= 4 is 21.7 Å². The highest BCUT2D eigenvalue weighted by Gasteiger charge is 2.38. The lowest BCUT2D eigenvalue weighted by atomic mass is 10.2. The van der Waals surface area contributed by atoms with E-state index in [2.05, 4.69) is 0 Å². The Labute approximate surface area is 94.2 Å². The topological polar surface area (TPSA) is 91.8 Å². The van der Waals surface area contributed by atoms with Crippen molar-refractivity contribution in [1.82, 2.24) is 4.90 Å². The minimum Gasteiger partial charge on any atom is -0.480 e. The number of hydrogen-bond acceptors (Lipinski definition) is 4. The molecule has 7 heteroatoms. The zero-order valence-electron chi connectivity index (χ0n) is 9.21. The summed E-state index contributed by atoms with van der Waals surface area (Å²) in [5, 5.41) is 7.70. The molecule has 1 fully saturated rings. The maximum Gasteiger partial charge on any atom is 0.326 e. The van der Waals surface area contributed by atoms with Crippen LogP contribution in [0.4, 0.5) is 0 Å². The molecule has 0 aliphatic carbocycles. The van der Waals surface area contributed by atoms with Crippen molar-refractivity contribution < 1.29 is 23.1 Å². The predicted octanol–water partition coefficient (Wildman–Crippen LogP) is -0.505. The maximum absolute atomic E-state index is 11.8. The number of carboxylic acid groups (broad SMARTS) is 1. The lowest BCUT2D eigenvalue weighted by Crippen LogP contribution is -2.46. The molecule has 0 spiro atoms. The number of amides is 1. The zero-order valence-corrected chi connectivity index (χ0v) is 10.0. The van der Waals surface area contributed by atoms with Gasteiger partial charge in [0, 0.05) is 12.8 Å². The molecule has 0 radical (unpaired) electrons. The van der Waals surface area contributed by atoms with E-state index in [0.29, 0.717) is 19.4 Å². The van der Waals surface area contributed by atoms with Crippen molar-refractivity contribution in [3.8, 4) is 0 Å². The number of nitrogens with zero attached hydrogens (tertiary/aromatic N) is 1. The summed E-state index contributed by atoms with van der Waals surface area (Å²) in [6, 6.07) is -0.878. The van der Waals surface area contributed by atoms with E-state index in [1.807, 2.05) is 0 Å². The van der Waals surface area contributed by atoms with Crippen LogP contribution in [0.25, 0.3) is 0 Å². The van der Waals surface area contributed by atoms with Crippen molar-refractivity contribution in [1.29, 1.82) is 0 Å². The van der Waals surface area contributed by atoms with Crippen LogP contribution in [0.5, 0.6) is 0 Å². The first-order chi connectivity index (χ1) is 7.25. The van der Waals surface area contributed by atoms with E-state index in [0.717, 1.165) is 11.2 Å². The smallest absolute Gasteiger partial charge is 0.326 e. The van der Waals surface area contributed by atoms with Gasteiger partial charge in [-0.15, -0.1) is 0 Å². The van der Waals surface area contributed by atoms with Crippen molar-refractivity contribution in [2.75, 3.05) is 12.8 Å². The standard InChI is InChI=1S/C9H15NO5S/c1-6(16(2,14)15)8(11)10-5-3-4-7(10)9(12)13/h6-7H,3-5H2,1-2H3,(H,12,13)/t6?,7-/m1/s1. The largest absolute Gasteiger partial charge is 0.480 e. The molecule has 0 bridgehead atoms. The molecule has 1 heterocycles. The van der Waals surface area contributed by atoms with E-state index in [4.69, 9.17) is 5.11 Å². The van der Waals surface area contributed by atoms with Gasteiger partial charge in [0.05, 0.1) is 0 Å². The molecule has 0 aromatic heterocycles. The average Bonchev–Trinajstić information content (AvgIpc) is 2.62. The van der Waals surface area contributed by atoms with Crippen LogP contribution >= 0.6 is 0 Å². The third kappa shape index (κ3) is 2.52. The molecule has 0 aromatic carbocycles. The van der Waals surface area contributed by atoms with Crippen LogP contribution in [0.3, 0.4) is 0 Å². The predicted molar refractivity (Wildman–Crippen MR) is 56.7 cm³/mol. The molecule has 0 saturated carbocycles. The molecule has 6 nitrogen and oxygen atoms in total. The number of carbonyl (C=O) groups is 2. The fourth-order valence-electron chi connectivity index (χ4n) is 1.70. The summed E-state index contributed by atoms with van der Waals surface area (Å²) in [7, 11) is -3.47. The second-order valence-corrected chi connectivity index (χ2v) is 6.37. The molecule has 1 saturated heterocycles. The second kappa shape index (κ2) is 4.40. The third-order valence-electron chi connectivity index (χ3n) is 2.81. The molecule has 1 rings (SSSR count). The number of carbonyl (C=O) groups excluding carboxylic acids is 1. The van der Waals surface area contributed by atoms with Crippen molar-refractivity contribution in [3.63, 3.8) is 0 Å². The normalized spacial score (nSPS) is 23.1. The Kier molecular flexibility index (Phi) is 3.57. The van der Waals surface area contributed by atoms with Gasteiger partial charge in [-0.05, 0) is 19.8 Å². The number of carboxylic acids is 1. The van der Waals surface area contributed by atoms with E-state index in [-0.39, 0.29) is 0 Å². The van der Waals surface area contributed by atoms with Crippen LogP contribution in [-0.2, 0) is 19.4 Å². The monoisotopic (exact) mass is 249 g/mol. The van der Waals surface area contributed by atoms with Gasteiger partial charge in [-0.2, -0.15) is 0 Å². The van der Waals surface area contributed by atoms with Gasteiger partial charge in [-0.3, -0.25) is 4.79 Å². The Bertz CT molecular complexity index is 402. The third-order valence-corrected chi connectivity index (χ3v) is 4.30. The summed E-state index contributed by atoms with van der Waals surface area (Å²) in [5.74, 6) is -1.70. The van der Waals surface area contributed by atoms with E-state index in [9.17, 15) is 18.0 Å². The molecular weight excluding hydrogens is 234 g/mol. The SMILES string of the molecule is CC(C(=O)N1CCC[C@@H]1C(=O)O)S(C)(=O)=O. The van der Waals surface area contributed by atoms with Crippen LogP contribution in [0.2, 0.25) is 0 Å². The van der Waals surface area contributed by atoms with Crippen LogP contribution in [0.1, 0.15) is 19.8 Å². The first-order valence-electron chi connectivity index (χ1n) is 4.97. The van der Waals surface area contributed by atoms with Gasteiger partial charge in [0.25, 0.3) is 0 Å². The van der Waals surface area contributed by atoms with Crippen LogP contribution in [0, 0.1) is 0 Å². The summed E-state index contributed by atoms with van der Waals surface area (Å²) in [4.78, 5) is 23.8. The molecule has 1 amide bonds. The van der Waals surface area contributed by atoms with Gasteiger partial charge in [-0.25, -0.2) is 13.2 Å². The van der Waals surface area contributed by atoms with Gasteiger partial charge in [0.2, 0.25) is 5.91 Å². The van der Waals surface area contributed by atoms with Gasteiger partial charge in [-0.1, -0.05) is 0 Å². The fourth-order valence-corrected chi connectivity index (χ4v) is 2.21. The summed E-state index contributed by atoms with van der Waals surface area (Å²) in [6.07, 6.45) is 1.96. The van der Waals surface area contributed by atoms with Crippen molar-refractivity contribution in [2.24, 2.45) is 0 Å². The van der Waals surface area contributed by atoms with Gasteiger partial charge in [0.1, 0.15) is 11.3 Å². The summed E-state index contributed by atoms with van der Waals surface area (Å²) >= 11 is 0. The number of sulfone groups is 1. The summed E-state index contributed by atoms with van der Waals surface area (Å²) in [6.45, 7) is 1.60. The van der Waals surface area contributed by atoms with E-state index >= 15 is 0 Å². The quantitative estimate of drug-likeness (QED) is 0.727.